The molecule has 0 aliphatic heterocycles. The number of methoxy groups -OCH3 is 1. The number of benzene rings is 1. The summed E-state index contributed by atoms with van der Waals surface area (Å²) in [4.78, 5) is 4.03. The minimum atomic E-state index is 0.102. The third-order valence-corrected chi connectivity index (χ3v) is 2.32. The van der Waals surface area contributed by atoms with Gasteiger partial charge in [-0.25, -0.2) is 0 Å². The van der Waals surface area contributed by atoms with Crippen molar-refractivity contribution in [2.75, 3.05) is 25.6 Å². The smallest absolute Gasteiger partial charge is 0.193 e. The van der Waals surface area contributed by atoms with Crippen LogP contribution in [0.4, 0.5) is 5.69 Å². The van der Waals surface area contributed by atoms with Crippen LogP contribution in [0.15, 0.2) is 23.2 Å². The van der Waals surface area contributed by atoms with Crippen molar-refractivity contribution in [2.24, 2.45) is 10.7 Å². The van der Waals surface area contributed by atoms with Crippen LogP contribution in [0, 0.1) is 0 Å². The van der Waals surface area contributed by atoms with Crippen molar-refractivity contribution >= 4 is 23.2 Å². The Morgan fingerprint density at radius 1 is 1.59 bits per heavy atom. The van der Waals surface area contributed by atoms with Gasteiger partial charge in [0.15, 0.2) is 5.96 Å². The second-order valence-corrected chi connectivity index (χ2v) is 3.73. The van der Waals surface area contributed by atoms with Crippen molar-refractivity contribution in [3.8, 4) is 5.75 Å². The van der Waals surface area contributed by atoms with Crippen molar-refractivity contribution in [3.05, 3.63) is 23.2 Å². The maximum absolute atomic E-state index is 8.60. The van der Waals surface area contributed by atoms with Crippen molar-refractivity contribution in [1.82, 2.24) is 0 Å². The van der Waals surface area contributed by atoms with Gasteiger partial charge in [-0.1, -0.05) is 11.6 Å². The van der Waals surface area contributed by atoms with Gasteiger partial charge in [0.05, 0.1) is 12.1 Å². The number of nitrogens with one attached hydrogen (secondary N) is 1. The van der Waals surface area contributed by atoms with Crippen molar-refractivity contribution < 1.29 is 9.84 Å². The summed E-state index contributed by atoms with van der Waals surface area (Å²) in [7, 11) is 1.55. The molecule has 1 aromatic carbocycles. The molecule has 1 rings (SSSR count). The van der Waals surface area contributed by atoms with E-state index < -0.39 is 0 Å². The highest BCUT2D eigenvalue weighted by Crippen LogP contribution is 2.26. The fourth-order valence-corrected chi connectivity index (χ4v) is 1.46. The normalized spacial score (nSPS) is 11.4. The lowest BCUT2D eigenvalue weighted by Crippen LogP contribution is -2.22. The van der Waals surface area contributed by atoms with Gasteiger partial charge >= 0.3 is 0 Å². The predicted molar refractivity (Wildman–Crippen MR) is 69.8 cm³/mol. The topological polar surface area (TPSA) is 79.9 Å². The van der Waals surface area contributed by atoms with Crippen LogP contribution in [0.2, 0.25) is 5.02 Å². The molecule has 6 heteroatoms. The van der Waals surface area contributed by atoms with Gasteiger partial charge in [-0.3, -0.25) is 4.99 Å². The summed E-state index contributed by atoms with van der Waals surface area (Å²) < 4.78 is 5.04. The average molecular weight is 258 g/mol. The summed E-state index contributed by atoms with van der Waals surface area (Å²) >= 11 is 5.96. The Morgan fingerprint density at radius 3 is 2.94 bits per heavy atom. The number of nitrogens with two attached hydrogens (primary N) is 1. The number of halogens is 1. The van der Waals surface area contributed by atoms with Gasteiger partial charge in [0.1, 0.15) is 5.75 Å². The number of ether oxygens (including phenoxy) is 1. The SMILES string of the molecule is COc1ccc(NC(N)=NCCCO)cc1Cl. The zero-order valence-corrected chi connectivity index (χ0v) is 10.4. The van der Waals surface area contributed by atoms with Crippen LogP contribution in [0.25, 0.3) is 0 Å². The molecule has 4 N–H and O–H groups in total. The first kappa shape index (κ1) is 13.6. The van der Waals surface area contributed by atoms with E-state index in [-0.39, 0.29) is 6.61 Å². The summed E-state index contributed by atoms with van der Waals surface area (Å²) in [5, 5.41) is 12.0. The summed E-state index contributed by atoms with van der Waals surface area (Å²) in [6.07, 6.45) is 0.589. The number of hydrogen-bond acceptors (Lipinski definition) is 3. The van der Waals surface area contributed by atoms with Crippen LogP contribution >= 0.6 is 11.6 Å². The zero-order valence-electron chi connectivity index (χ0n) is 9.61. The van der Waals surface area contributed by atoms with Gasteiger partial charge in [0.25, 0.3) is 0 Å². The molecule has 0 saturated carbocycles. The molecule has 0 aliphatic carbocycles. The number of aliphatic hydroxyl groups excluding tert-OH is 1. The molecule has 5 nitrogen and oxygen atoms in total. The molecule has 0 spiro atoms. The van der Waals surface area contributed by atoms with Crippen LogP contribution in [0.1, 0.15) is 6.42 Å². The first-order chi connectivity index (χ1) is 8.17. The third kappa shape index (κ3) is 4.50. The summed E-state index contributed by atoms with van der Waals surface area (Å²) in [6, 6.07) is 5.24. The second kappa shape index (κ2) is 6.98. The molecule has 0 radical (unpaired) electrons. The Morgan fingerprint density at radius 2 is 2.35 bits per heavy atom. The Labute approximate surface area is 105 Å². The maximum Gasteiger partial charge on any atom is 0.193 e. The minimum Gasteiger partial charge on any atom is -0.495 e. The van der Waals surface area contributed by atoms with E-state index in [1.807, 2.05) is 0 Å². The molecule has 94 valence electrons. The number of anilines is 1. The lowest BCUT2D eigenvalue weighted by molar-refractivity contribution is 0.291. The molecule has 0 unspecified atom stereocenters. The summed E-state index contributed by atoms with van der Waals surface area (Å²) in [6.45, 7) is 0.588. The lowest BCUT2D eigenvalue weighted by Gasteiger charge is -2.08. The van der Waals surface area contributed by atoms with Gasteiger partial charge < -0.3 is 20.9 Å². The first-order valence-corrected chi connectivity index (χ1v) is 5.56. The van der Waals surface area contributed by atoms with Crippen molar-refractivity contribution in [3.63, 3.8) is 0 Å². The highest BCUT2D eigenvalue weighted by Gasteiger charge is 2.02. The Bertz CT molecular complexity index is 396. The van der Waals surface area contributed by atoms with E-state index in [4.69, 9.17) is 27.2 Å². The molecule has 0 aliphatic rings. The minimum absolute atomic E-state index is 0.102. The fraction of sp³-hybridized carbons (Fsp3) is 0.364. The van der Waals surface area contributed by atoms with Crippen LogP contribution < -0.4 is 15.8 Å². The number of rotatable bonds is 5. The molecular weight excluding hydrogens is 242 g/mol. The van der Waals surface area contributed by atoms with Crippen LogP contribution in [-0.4, -0.2) is 31.3 Å². The quantitative estimate of drug-likeness (QED) is 0.424. The molecule has 17 heavy (non-hydrogen) atoms. The van der Waals surface area contributed by atoms with Gasteiger partial charge in [-0.2, -0.15) is 0 Å². The Balaban J connectivity index is 2.62. The number of guanidine groups is 1. The van der Waals surface area contributed by atoms with Crippen molar-refractivity contribution in [1.29, 1.82) is 0 Å². The second-order valence-electron chi connectivity index (χ2n) is 3.32. The number of aliphatic imine (C=N–C) groups is 1. The highest BCUT2D eigenvalue weighted by molar-refractivity contribution is 6.32. The van der Waals surface area contributed by atoms with E-state index >= 15 is 0 Å². The zero-order chi connectivity index (χ0) is 12.7. The van der Waals surface area contributed by atoms with Gasteiger partial charge in [-0.05, 0) is 24.6 Å². The van der Waals surface area contributed by atoms with Gasteiger partial charge in [0.2, 0.25) is 0 Å². The Kier molecular flexibility index (Phi) is 5.59. The molecule has 0 fully saturated rings. The van der Waals surface area contributed by atoms with E-state index in [0.717, 1.165) is 5.69 Å². The first-order valence-electron chi connectivity index (χ1n) is 5.18. The molecule has 0 aromatic heterocycles. The third-order valence-electron chi connectivity index (χ3n) is 2.02. The molecule has 1 aromatic rings. The molecule has 0 amide bonds. The number of nitrogens with zero attached hydrogens (tertiary/aromatic N) is 1. The van der Waals surface area contributed by atoms with E-state index in [9.17, 15) is 0 Å². The van der Waals surface area contributed by atoms with Gasteiger partial charge in [-0.15, -0.1) is 0 Å². The predicted octanol–water partition coefficient (Wildman–Crippen LogP) is 1.46. The van der Waals surface area contributed by atoms with Gasteiger partial charge in [0, 0.05) is 18.8 Å². The lowest BCUT2D eigenvalue weighted by atomic mass is 10.3. The maximum atomic E-state index is 8.60. The molecule has 0 bridgehead atoms. The highest BCUT2D eigenvalue weighted by atomic mass is 35.5. The fourth-order valence-electron chi connectivity index (χ4n) is 1.20. The number of aliphatic hydroxyl groups is 1. The monoisotopic (exact) mass is 257 g/mol. The van der Waals surface area contributed by atoms with E-state index in [1.165, 1.54) is 0 Å². The van der Waals surface area contributed by atoms with E-state index in [0.29, 0.717) is 29.7 Å². The van der Waals surface area contributed by atoms with E-state index in [2.05, 4.69) is 10.3 Å². The van der Waals surface area contributed by atoms with Crippen LogP contribution in [0.3, 0.4) is 0 Å². The summed E-state index contributed by atoms with van der Waals surface area (Å²) in [5.41, 5.74) is 6.39. The van der Waals surface area contributed by atoms with Crippen LogP contribution in [0.5, 0.6) is 5.75 Å². The standard InChI is InChI=1S/C11H16ClN3O2/c1-17-10-4-3-8(7-9(10)12)15-11(13)14-5-2-6-16/h3-4,7,16H,2,5-6H2,1H3,(H3,13,14,15). The molecule has 0 atom stereocenters. The number of hydrogen-bond donors (Lipinski definition) is 3. The average Bonchev–Trinajstić information content (AvgIpc) is 2.29. The Hall–Kier alpha value is -1.46. The summed E-state index contributed by atoms with van der Waals surface area (Å²) in [5.74, 6) is 0.896. The molecule has 0 saturated heterocycles. The van der Waals surface area contributed by atoms with Crippen LogP contribution in [-0.2, 0) is 0 Å². The van der Waals surface area contributed by atoms with E-state index in [1.54, 1.807) is 25.3 Å². The van der Waals surface area contributed by atoms with Crippen molar-refractivity contribution in [2.45, 2.75) is 6.42 Å². The molecule has 0 heterocycles. The molecular formula is C11H16ClN3O2. The largest absolute Gasteiger partial charge is 0.495 e.